The van der Waals surface area contributed by atoms with Crippen LogP contribution in [0.1, 0.15) is 32.3 Å². The zero-order chi connectivity index (χ0) is 21.8. The molecule has 0 radical (unpaired) electrons. The van der Waals surface area contributed by atoms with E-state index in [0.717, 1.165) is 47.3 Å². The first kappa shape index (κ1) is 20.7. The normalized spacial score (nSPS) is 16.2. The predicted octanol–water partition coefficient (Wildman–Crippen LogP) is 2.82. The van der Waals surface area contributed by atoms with E-state index in [1.807, 2.05) is 24.3 Å². The summed E-state index contributed by atoms with van der Waals surface area (Å²) < 4.78 is 0. The summed E-state index contributed by atoms with van der Waals surface area (Å²) in [7, 11) is 0. The van der Waals surface area contributed by atoms with Gasteiger partial charge in [-0.1, -0.05) is 62.4 Å². The van der Waals surface area contributed by atoms with Crippen LogP contribution in [-0.2, 0) is 11.2 Å². The third-order valence-electron chi connectivity index (χ3n) is 5.57. The van der Waals surface area contributed by atoms with Crippen molar-refractivity contribution in [3.63, 3.8) is 0 Å². The third kappa shape index (κ3) is 4.20. The van der Waals surface area contributed by atoms with Gasteiger partial charge in [0, 0.05) is 24.2 Å². The van der Waals surface area contributed by atoms with E-state index in [2.05, 4.69) is 69.2 Å². The summed E-state index contributed by atoms with van der Waals surface area (Å²) in [6, 6.07) is 16.3. The number of aromatic nitrogens is 4. The van der Waals surface area contributed by atoms with E-state index in [0.29, 0.717) is 17.8 Å². The van der Waals surface area contributed by atoms with Gasteiger partial charge in [0.15, 0.2) is 0 Å². The Kier molecular flexibility index (Phi) is 6.08. The fraction of sp³-hybridized carbons (Fsp3) is 0.304. The molecule has 1 aliphatic rings. The van der Waals surface area contributed by atoms with E-state index >= 15 is 0 Å². The smallest absolute Gasteiger partial charge is 0.248 e. The van der Waals surface area contributed by atoms with Crippen LogP contribution in [0.15, 0.2) is 59.8 Å². The molecule has 3 aromatic rings. The van der Waals surface area contributed by atoms with Crippen LogP contribution in [0.4, 0.5) is 0 Å². The molecule has 2 heterocycles. The molecule has 1 aliphatic heterocycles. The van der Waals surface area contributed by atoms with Gasteiger partial charge in [0.05, 0.1) is 11.6 Å². The predicted molar refractivity (Wildman–Crippen MR) is 119 cm³/mol. The molecule has 0 saturated carbocycles. The lowest BCUT2D eigenvalue weighted by atomic mass is 9.96. The first-order valence-electron chi connectivity index (χ1n) is 10.6. The number of tetrazole rings is 1. The maximum absolute atomic E-state index is 12.2. The van der Waals surface area contributed by atoms with E-state index < -0.39 is 0 Å². The molecule has 31 heavy (non-hydrogen) atoms. The first-order chi connectivity index (χ1) is 15.1. The first-order valence-corrected chi connectivity index (χ1v) is 10.6. The fourth-order valence-electron chi connectivity index (χ4n) is 4.10. The van der Waals surface area contributed by atoms with Gasteiger partial charge in [0.2, 0.25) is 11.7 Å². The maximum Gasteiger partial charge on any atom is 0.248 e. The number of nitrogens with two attached hydrogens (primary N) is 1. The van der Waals surface area contributed by atoms with Crippen LogP contribution < -0.4 is 11.2 Å². The molecule has 0 aliphatic carbocycles. The Balaban J connectivity index is 1.63. The van der Waals surface area contributed by atoms with Gasteiger partial charge in [-0.05, 0) is 34.7 Å². The Morgan fingerprint density at radius 1 is 1.10 bits per heavy atom. The number of allylic oxidation sites excluding steroid dienone is 1. The van der Waals surface area contributed by atoms with Crippen LogP contribution in [0.5, 0.6) is 0 Å². The van der Waals surface area contributed by atoms with Crippen molar-refractivity contribution in [1.82, 2.24) is 31.1 Å². The highest BCUT2D eigenvalue weighted by atomic mass is 16.1. The van der Waals surface area contributed by atoms with Crippen molar-refractivity contribution in [1.29, 1.82) is 0 Å². The average molecular weight is 418 g/mol. The van der Waals surface area contributed by atoms with Crippen molar-refractivity contribution in [2.45, 2.75) is 39.2 Å². The van der Waals surface area contributed by atoms with E-state index in [9.17, 15) is 4.79 Å². The minimum absolute atomic E-state index is 0.0276. The molecule has 0 saturated heterocycles. The summed E-state index contributed by atoms with van der Waals surface area (Å²) in [4.78, 5) is 12.2. The number of carbonyl (C=O) groups is 1. The third-order valence-corrected chi connectivity index (χ3v) is 5.57. The summed E-state index contributed by atoms with van der Waals surface area (Å²) in [5, 5.41) is 16.5. The van der Waals surface area contributed by atoms with Gasteiger partial charge in [0.1, 0.15) is 0 Å². The number of rotatable bonds is 8. The number of aromatic amines is 1. The number of nitrogens with zero attached hydrogens (tertiary/aromatic N) is 4. The van der Waals surface area contributed by atoms with Gasteiger partial charge in [0.25, 0.3) is 0 Å². The molecule has 160 valence electrons. The number of hydrogen-bond donors (Lipinski definition) is 3. The highest BCUT2D eigenvalue weighted by molar-refractivity contribution is 5.94. The van der Waals surface area contributed by atoms with E-state index in [-0.39, 0.29) is 11.9 Å². The summed E-state index contributed by atoms with van der Waals surface area (Å²) in [6.07, 6.45) is 2.44. The lowest BCUT2D eigenvalue weighted by Crippen LogP contribution is -2.38. The summed E-state index contributed by atoms with van der Waals surface area (Å²) >= 11 is 0. The number of benzene rings is 2. The molecule has 4 N–H and O–H groups in total. The van der Waals surface area contributed by atoms with Crippen LogP contribution in [-0.4, -0.2) is 44.1 Å². The topological polar surface area (TPSA) is 113 Å². The molecule has 1 atom stereocenters. The van der Waals surface area contributed by atoms with Gasteiger partial charge in [-0.15, -0.1) is 10.2 Å². The lowest BCUT2D eigenvalue weighted by Gasteiger charge is -2.23. The van der Waals surface area contributed by atoms with Crippen molar-refractivity contribution in [2.24, 2.45) is 5.73 Å². The number of hydrazine groups is 1. The second-order valence-corrected chi connectivity index (χ2v) is 7.62. The molecule has 4 rings (SSSR count). The molecular weight excluding hydrogens is 390 g/mol. The number of H-pyrrole nitrogens is 1. The largest absolute Gasteiger partial charge is 0.366 e. The van der Waals surface area contributed by atoms with Crippen molar-refractivity contribution in [3.05, 3.63) is 65.4 Å². The summed E-state index contributed by atoms with van der Waals surface area (Å²) in [5.41, 5.74) is 15.0. The standard InChI is InChI=1S/C23H27N7O/c1-3-13-30-20(21(22(24)31)19(4-2)27-30)14-15-9-11-16(12-10-15)17-7-5-6-8-18(17)23-25-28-29-26-23/h5-12,19,27H,3-4,13-14H2,1-2H3,(H2,24,31)(H,25,26,28,29). The van der Waals surface area contributed by atoms with Gasteiger partial charge in [-0.3, -0.25) is 4.79 Å². The highest BCUT2D eigenvalue weighted by Crippen LogP contribution is 2.31. The second-order valence-electron chi connectivity index (χ2n) is 7.62. The minimum atomic E-state index is -0.349. The van der Waals surface area contributed by atoms with Crippen LogP contribution in [0.25, 0.3) is 22.5 Å². The van der Waals surface area contributed by atoms with Crippen molar-refractivity contribution < 1.29 is 4.79 Å². The SMILES string of the molecule is CCCN1NC(CC)C(C(N)=O)=C1Cc1ccc(-c2ccccc2-c2nn[nH]n2)cc1. The highest BCUT2D eigenvalue weighted by Gasteiger charge is 2.32. The van der Waals surface area contributed by atoms with Gasteiger partial charge >= 0.3 is 0 Å². The zero-order valence-electron chi connectivity index (χ0n) is 17.8. The molecule has 0 spiro atoms. The number of primary amides is 1. The molecule has 0 bridgehead atoms. The fourth-order valence-corrected chi connectivity index (χ4v) is 4.10. The number of nitrogens with one attached hydrogen (secondary N) is 2. The molecule has 8 heteroatoms. The molecule has 1 aromatic heterocycles. The minimum Gasteiger partial charge on any atom is -0.366 e. The number of amides is 1. The van der Waals surface area contributed by atoms with E-state index in [4.69, 9.17) is 5.73 Å². The van der Waals surface area contributed by atoms with E-state index in [1.165, 1.54) is 0 Å². The lowest BCUT2D eigenvalue weighted by molar-refractivity contribution is -0.114. The number of carbonyl (C=O) groups excluding carboxylic acids is 1. The van der Waals surface area contributed by atoms with Gasteiger partial charge < -0.3 is 10.7 Å². The van der Waals surface area contributed by atoms with E-state index in [1.54, 1.807) is 0 Å². The summed E-state index contributed by atoms with van der Waals surface area (Å²) in [5.74, 6) is 0.215. The van der Waals surface area contributed by atoms with Crippen LogP contribution in [0.2, 0.25) is 0 Å². The van der Waals surface area contributed by atoms with Gasteiger partial charge in [-0.25, -0.2) is 5.43 Å². The molecule has 1 amide bonds. The van der Waals surface area contributed by atoms with Crippen LogP contribution in [0, 0.1) is 0 Å². The zero-order valence-corrected chi connectivity index (χ0v) is 17.8. The maximum atomic E-state index is 12.2. The van der Waals surface area contributed by atoms with Gasteiger partial charge in [-0.2, -0.15) is 5.21 Å². The Morgan fingerprint density at radius 2 is 1.84 bits per heavy atom. The molecule has 8 nitrogen and oxygen atoms in total. The second kappa shape index (κ2) is 9.09. The Bertz CT molecular complexity index is 1070. The number of hydrogen-bond acceptors (Lipinski definition) is 6. The Hall–Kier alpha value is -3.52. The molecule has 0 fully saturated rings. The Morgan fingerprint density at radius 3 is 2.45 bits per heavy atom. The van der Waals surface area contributed by atoms with Crippen molar-refractivity contribution >= 4 is 5.91 Å². The summed E-state index contributed by atoms with van der Waals surface area (Å²) in [6.45, 7) is 5.01. The van der Waals surface area contributed by atoms with Crippen LogP contribution in [0.3, 0.4) is 0 Å². The molecular formula is C23H27N7O. The monoisotopic (exact) mass is 417 g/mol. The molecule has 2 aromatic carbocycles. The van der Waals surface area contributed by atoms with Crippen molar-refractivity contribution in [3.8, 4) is 22.5 Å². The average Bonchev–Trinajstić information content (AvgIpc) is 3.43. The van der Waals surface area contributed by atoms with Crippen LogP contribution >= 0.6 is 0 Å². The molecule has 1 unspecified atom stereocenters. The Labute approximate surface area is 181 Å². The quantitative estimate of drug-likeness (QED) is 0.519. The van der Waals surface area contributed by atoms with Crippen molar-refractivity contribution in [2.75, 3.05) is 6.54 Å².